The highest BCUT2D eigenvalue weighted by Crippen LogP contribution is 2.57. The first kappa shape index (κ1) is 47.2. The number of carbonyl (C=O) groups excluding carboxylic acids is 4. The number of hydrogen-bond acceptors (Lipinski definition) is 12. The highest BCUT2D eigenvalue weighted by Gasteiger charge is 2.62. The van der Waals surface area contributed by atoms with E-state index in [1.165, 1.54) is 4.90 Å². The Morgan fingerprint density at radius 1 is 0.985 bits per heavy atom. The average molecular weight is 936 g/mol. The molecule has 8 rings (SSSR count). The number of sulfonamides is 1. The molecule has 3 aliphatic heterocycles. The first-order valence-corrected chi connectivity index (χ1v) is 24.4. The van der Waals surface area contributed by atoms with Crippen molar-refractivity contribution in [3.8, 4) is 34.4 Å². The number of pyridine rings is 1. The van der Waals surface area contributed by atoms with Gasteiger partial charge in [0.25, 0.3) is 5.92 Å². The van der Waals surface area contributed by atoms with Crippen molar-refractivity contribution in [1.29, 1.82) is 0 Å². The van der Waals surface area contributed by atoms with Crippen LogP contribution in [0.5, 0.6) is 23.1 Å². The van der Waals surface area contributed by atoms with Gasteiger partial charge in [-0.1, -0.05) is 26.0 Å². The number of benzene rings is 2. The van der Waals surface area contributed by atoms with Crippen LogP contribution in [0.4, 0.5) is 8.78 Å². The molecule has 3 fully saturated rings. The fourth-order valence-corrected chi connectivity index (χ4v) is 10.9. The second-order valence-electron chi connectivity index (χ2n) is 19.5. The Balaban J connectivity index is 1.16. The number of Topliss-reactive ketones (excluding diaryl/α,β-unsaturated/α-hetero) is 1. The molecule has 0 bridgehead atoms. The van der Waals surface area contributed by atoms with Crippen LogP contribution in [-0.2, 0) is 33.9 Å². The van der Waals surface area contributed by atoms with Crippen LogP contribution >= 0.6 is 0 Å². The number of ketones is 1. The van der Waals surface area contributed by atoms with Crippen LogP contribution in [0.3, 0.4) is 0 Å². The van der Waals surface area contributed by atoms with Crippen molar-refractivity contribution in [2.45, 2.75) is 121 Å². The summed E-state index contributed by atoms with van der Waals surface area (Å²) < 4.78 is 86.8. The lowest BCUT2D eigenvalue weighted by atomic mass is 9.82. The molecule has 0 unspecified atom stereocenters. The lowest BCUT2D eigenvalue weighted by molar-refractivity contribution is -0.197. The SMILES string of the molecule is COc1ccc2c(O[C@@H]3C[C@H]4C(=O)C[C@]5(C(=O)NS(=O)(=O)C6CC6)C[C@H]5/C=C\CC[C@H](C)C[C@@H](C)[C@H](CC(=O)OC(C)(C)C(C)(F)F)C(=O)N4C3)nc(-c3ccc4c(c3)OCCO4)cc2c1. The molecular formula is C49H59F2N3O11S. The van der Waals surface area contributed by atoms with Gasteiger partial charge in [-0.15, -0.1) is 0 Å². The molecule has 356 valence electrons. The van der Waals surface area contributed by atoms with Crippen molar-refractivity contribution in [3.63, 3.8) is 0 Å². The molecule has 0 spiro atoms. The Labute approximate surface area is 384 Å². The first-order valence-electron chi connectivity index (χ1n) is 22.9. The smallest absolute Gasteiger partial charge is 0.307 e. The minimum atomic E-state index is -3.94. The van der Waals surface area contributed by atoms with Gasteiger partial charge in [0.1, 0.15) is 25.1 Å². The molecule has 7 atom stereocenters. The van der Waals surface area contributed by atoms with Gasteiger partial charge in [0.05, 0.1) is 48.4 Å². The maximum atomic E-state index is 15.2. The van der Waals surface area contributed by atoms with E-state index in [1.807, 2.05) is 50.3 Å². The van der Waals surface area contributed by atoms with E-state index in [-0.39, 0.29) is 37.6 Å². The molecule has 2 amide bonds. The van der Waals surface area contributed by atoms with Crippen LogP contribution in [-0.4, -0.2) is 97.7 Å². The number of methoxy groups -OCH3 is 1. The number of nitrogens with zero attached hydrogens (tertiary/aromatic N) is 2. The molecule has 3 aromatic rings. The van der Waals surface area contributed by atoms with Crippen molar-refractivity contribution in [2.24, 2.45) is 29.1 Å². The Kier molecular flexibility index (Phi) is 12.9. The van der Waals surface area contributed by atoms with Gasteiger partial charge in [-0.25, -0.2) is 22.2 Å². The van der Waals surface area contributed by atoms with E-state index in [2.05, 4.69) is 4.72 Å². The van der Waals surface area contributed by atoms with E-state index in [1.54, 1.807) is 25.3 Å². The number of alkyl halides is 2. The van der Waals surface area contributed by atoms with Gasteiger partial charge < -0.3 is 28.6 Å². The van der Waals surface area contributed by atoms with Crippen LogP contribution < -0.4 is 23.7 Å². The van der Waals surface area contributed by atoms with Gasteiger partial charge in [0, 0.05) is 30.7 Å². The molecule has 1 N–H and O–H groups in total. The van der Waals surface area contributed by atoms with Crippen molar-refractivity contribution < 1.29 is 60.1 Å². The fraction of sp³-hybridized carbons (Fsp3) is 0.571. The predicted octanol–water partition coefficient (Wildman–Crippen LogP) is 7.60. The van der Waals surface area contributed by atoms with Crippen LogP contribution in [0, 0.1) is 29.1 Å². The topological polar surface area (TPSA) is 177 Å². The minimum absolute atomic E-state index is 0.0201. The number of aromatic nitrogens is 1. The van der Waals surface area contributed by atoms with E-state index < -0.39 is 92.1 Å². The summed E-state index contributed by atoms with van der Waals surface area (Å²) in [6.07, 6.45) is 5.06. The fourth-order valence-electron chi connectivity index (χ4n) is 9.51. The zero-order valence-corrected chi connectivity index (χ0v) is 39.1. The normalized spacial score (nSPS) is 27.7. The van der Waals surface area contributed by atoms with Crippen molar-refractivity contribution in [2.75, 3.05) is 26.9 Å². The van der Waals surface area contributed by atoms with Gasteiger partial charge in [-0.2, -0.15) is 0 Å². The van der Waals surface area contributed by atoms with E-state index >= 15 is 4.79 Å². The summed E-state index contributed by atoms with van der Waals surface area (Å²) in [5.41, 5.74) is -2.29. The van der Waals surface area contributed by atoms with Crippen molar-refractivity contribution >= 4 is 44.4 Å². The molecule has 17 heteroatoms. The number of nitrogens with one attached hydrogen (secondary N) is 1. The van der Waals surface area contributed by atoms with E-state index in [0.717, 1.165) is 19.2 Å². The predicted molar refractivity (Wildman–Crippen MR) is 240 cm³/mol. The highest BCUT2D eigenvalue weighted by atomic mass is 32.2. The standard InChI is InChI=1S/C49H59F2N3O11S/c1-28-9-7-8-10-32-25-49(32,46(58)53-66(59,60)35-13-14-35)26-40(55)39-23-34(27-54(39)45(57)37(29(2)19-28)24-43(56)65-47(3,4)48(5,50)51)64-44-36-15-12-33(61-6)20-31(36)21-38(52-44)30-11-16-41-42(22-30)63-18-17-62-41/h8,10-12,15-16,20-22,28-29,32,34-35,37,39H,7,9,13-14,17-19,23-27H2,1-6H3,(H,53,58)/b10-8-/t28-,29+,32+,34+,37-,39-,49+/m0/s1. The Bertz CT molecular complexity index is 2540. The zero-order valence-electron chi connectivity index (χ0n) is 38.3. The molecule has 2 aromatic carbocycles. The van der Waals surface area contributed by atoms with Gasteiger partial charge in [0.15, 0.2) is 22.9 Å². The second kappa shape index (κ2) is 18.1. The second-order valence-corrected chi connectivity index (χ2v) is 21.5. The number of allylic oxidation sites excluding steroid dienone is 2. The van der Waals surface area contributed by atoms with Gasteiger partial charge >= 0.3 is 5.97 Å². The van der Waals surface area contributed by atoms with Gasteiger partial charge in [-0.3, -0.25) is 23.9 Å². The third kappa shape index (κ3) is 9.86. The van der Waals surface area contributed by atoms with Crippen LogP contribution in [0.25, 0.3) is 22.0 Å². The molecular weight excluding hydrogens is 877 g/mol. The maximum Gasteiger partial charge on any atom is 0.307 e. The van der Waals surface area contributed by atoms with E-state index in [4.69, 9.17) is 28.7 Å². The van der Waals surface area contributed by atoms with Crippen molar-refractivity contribution in [1.82, 2.24) is 14.6 Å². The molecule has 4 heterocycles. The summed E-state index contributed by atoms with van der Waals surface area (Å²) in [5.74, 6) is -6.05. The zero-order chi connectivity index (χ0) is 47.3. The number of halogens is 2. The molecule has 1 aromatic heterocycles. The molecule has 66 heavy (non-hydrogen) atoms. The number of rotatable bonds is 11. The molecule has 2 saturated carbocycles. The summed E-state index contributed by atoms with van der Waals surface area (Å²) in [6, 6.07) is 11.6. The highest BCUT2D eigenvalue weighted by molar-refractivity contribution is 7.90. The first-order chi connectivity index (χ1) is 31.2. The minimum Gasteiger partial charge on any atom is -0.497 e. The number of amides is 2. The largest absolute Gasteiger partial charge is 0.497 e. The number of ether oxygens (including phenoxy) is 5. The van der Waals surface area contributed by atoms with Crippen LogP contribution in [0.2, 0.25) is 0 Å². The Hall–Kier alpha value is -5.32. The molecule has 14 nitrogen and oxygen atoms in total. The molecule has 5 aliphatic rings. The summed E-state index contributed by atoms with van der Waals surface area (Å²) in [4.78, 5) is 64.1. The van der Waals surface area contributed by atoms with Gasteiger partial charge in [-0.05, 0) is 118 Å². The number of fused-ring (bicyclic) bond motifs is 4. The Morgan fingerprint density at radius 2 is 1.73 bits per heavy atom. The summed E-state index contributed by atoms with van der Waals surface area (Å²) in [7, 11) is -2.39. The average Bonchev–Trinajstić information content (AvgIpc) is 4.19. The number of hydrogen-bond donors (Lipinski definition) is 1. The maximum absolute atomic E-state index is 15.2. The van der Waals surface area contributed by atoms with Crippen molar-refractivity contribution in [3.05, 3.63) is 54.6 Å². The molecule has 1 saturated heterocycles. The lowest BCUT2D eigenvalue weighted by Crippen LogP contribution is -2.48. The van der Waals surface area contributed by atoms with Crippen LogP contribution in [0.1, 0.15) is 92.4 Å². The summed E-state index contributed by atoms with van der Waals surface area (Å²) >= 11 is 0. The monoisotopic (exact) mass is 935 g/mol. The molecule has 2 aliphatic carbocycles. The third-order valence-corrected chi connectivity index (χ3v) is 15.9. The quantitative estimate of drug-likeness (QED) is 0.147. The summed E-state index contributed by atoms with van der Waals surface area (Å²) in [5, 5.41) is 0.690. The third-order valence-electron chi connectivity index (χ3n) is 14.1. The van der Waals surface area contributed by atoms with E-state index in [9.17, 15) is 31.6 Å². The summed E-state index contributed by atoms with van der Waals surface area (Å²) in [6.45, 7) is 7.45. The van der Waals surface area contributed by atoms with E-state index in [0.29, 0.717) is 86.1 Å². The number of carbonyl (C=O) groups is 4. The Morgan fingerprint density at radius 3 is 2.44 bits per heavy atom. The van der Waals surface area contributed by atoms with Crippen LogP contribution in [0.15, 0.2) is 54.6 Å². The molecule has 0 radical (unpaired) electrons. The van der Waals surface area contributed by atoms with Gasteiger partial charge in [0.2, 0.25) is 27.7 Å². The number of esters is 1. The lowest BCUT2D eigenvalue weighted by Gasteiger charge is -2.34.